The lowest BCUT2D eigenvalue weighted by Crippen LogP contribution is -2.53. The van der Waals surface area contributed by atoms with Crippen molar-refractivity contribution in [1.82, 2.24) is 24.4 Å². The molecular formula is C12H16FN6O7P. The Morgan fingerprint density at radius 2 is 2.11 bits per heavy atom. The number of rotatable bonds is 5. The molecule has 0 aliphatic carbocycles. The van der Waals surface area contributed by atoms with Crippen LogP contribution in [0.4, 0.5) is 10.2 Å². The zero-order valence-electron chi connectivity index (χ0n) is 13.6. The predicted molar refractivity (Wildman–Crippen MR) is 84.1 cm³/mol. The molecule has 27 heavy (non-hydrogen) atoms. The van der Waals surface area contributed by atoms with Gasteiger partial charge in [-0.2, -0.15) is 14.4 Å². The molecule has 2 aliphatic rings. The van der Waals surface area contributed by atoms with Crippen LogP contribution in [-0.2, 0) is 13.8 Å². The summed E-state index contributed by atoms with van der Waals surface area (Å²) in [5.41, 5.74) is 3.89. The number of phosphoric acid groups is 1. The minimum Gasteiger partial charge on any atom is -0.386 e. The molecule has 2 aromatic heterocycles. The second kappa shape index (κ2) is 6.12. The van der Waals surface area contributed by atoms with Crippen molar-refractivity contribution >= 4 is 24.8 Å². The molecule has 4 unspecified atom stereocenters. The Balaban J connectivity index is 1.72. The maximum absolute atomic E-state index is 13.5. The highest BCUT2D eigenvalue weighted by Gasteiger charge is 2.61. The van der Waals surface area contributed by atoms with Gasteiger partial charge in [-0.25, -0.2) is 9.55 Å². The van der Waals surface area contributed by atoms with Gasteiger partial charge >= 0.3 is 13.9 Å². The van der Waals surface area contributed by atoms with Crippen molar-refractivity contribution in [3.63, 3.8) is 0 Å². The van der Waals surface area contributed by atoms with Gasteiger partial charge in [0.15, 0.2) is 28.9 Å². The minimum atomic E-state index is -4.86. The summed E-state index contributed by atoms with van der Waals surface area (Å²) in [5, 5.41) is 21.1. The Labute approximate surface area is 150 Å². The van der Waals surface area contributed by atoms with Crippen LogP contribution < -0.4 is 5.73 Å². The number of nitrogens with zero attached hydrogens (tertiary/aromatic N) is 5. The van der Waals surface area contributed by atoms with Crippen LogP contribution >= 0.6 is 7.82 Å². The van der Waals surface area contributed by atoms with Crippen LogP contribution in [0.5, 0.6) is 0 Å². The Kier molecular flexibility index (Phi) is 4.21. The lowest BCUT2D eigenvalue weighted by atomic mass is 10.1. The number of halogens is 1. The second-order valence-corrected chi connectivity index (χ2v) is 7.48. The van der Waals surface area contributed by atoms with Crippen LogP contribution in [0.2, 0.25) is 0 Å². The van der Waals surface area contributed by atoms with Gasteiger partial charge in [0.1, 0.15) is 18.8 Å². The third-order valence-electron chi connectivity index (χ3n) is 4.52. The number of aromatic nitrogens is 4. The van der Waals surface area contributed by atoms with E-state index in [9.17, 15) is 19.2 Å². The standard InChI is InChI=1S/C12H16FN6O7P/c13-11-16-8(14)5-9(17-11)19(4-15-5)10-6(20)7(21)12(26-10,18-1-2-18)3-25-27(22,23)24/h4,6-7,10,20-21H,1-3H2,(H2,14,16,17)(H2,22,23,24). The Hall–Kier alpha value is -1.77. The summed E-state index contributed by atoms with van der Waals surface area (Å²) in [6.07, 6.45) is -4.37. The number of nitrogen functional groups attached to an aromatic ring is 1. The largest absolute Gasteiger partial charge is 0.469 e. The fourth-order valence-electron chi connectivity index (χ4n) is 3.17. The van der Waals surface area contributed by atoms with Gasteiger partial charge in [-0.1, -0.05) is 0 Å². The maximum Gasteiger partial charge on any atom is 0.469 e. The normalized spacial score (nSPS) is 31.7. The lowest BCUT2D eigenvalue weighted by Gasteiger charge is -2.33. The summed E-state index contributed by atoms with van der Waals surface area (Å²) in [6.45, 7) is 0.203. The average Bonchev–Trinajstić information content (AvgIpc) is 3.29. The number of aliphatic hydroxyl groups excluding tert-OH is 2. The molecule has 0 spiro atoms. The number of hydrogen-bond acceptors (Lipinski definition) is 10. The van der Waals surface area contributed by atoms with E-state index in [2.05, 4.69) is 19.5 Å². The number of phosphoric ester groups is 1. The van der Waals surface area contributed by atoms with Gasteiger partial charge in [0.25, 0.3) is 0 Å². The first kappa shape index (κ1) is 18.6. The molecular weight excluding hydrogens is 390 g/mol. The summed E-state index contributed by atoms with van der Waals surface area (Å²) in [5.74, 6) is -0.216. The highest BCUT2D eigenvalue weighted by Crippen LogP contribution is 2.46. The third-order valence-corrected chi connectivity index (χ3v) is 4.99. The van der Waals surface area contributed by atoms with Crippen molar-refractivity contribution in [2.24, 2.45) is 0 Å². The smallest absolute Gasteiger partial charge is 0.386 e. The van der Waals surface area contributed by atoms with Crippen molar-refractivity contribution < 1.29 is 38.2 Å². The number of aliphatic hydroxyl groups is 2. The molecule has 0 bridgehead atoms. The zero-order valence-corrected chi connectivity index (χ0v) is 14.5. The highest BCUT2D eigenvalue weighted by atomic mass is 31.2. The van der Waals surface area contributed by atoms with E-state index in [4.69, 9.17) is 20.3 Å². The molecule has 2 aliphatic heterocycles. The van der Waals surface area contributed by atoms with E-state index >= 15 is 0 Å². The van der Waals surface area contributed by atoms with E-state index < -0.39 is 44.7 Å². The van der Waals surface area contributed by atoms with Crippen LogP contribution in [0.25, 0.3) is 11.2 Å². The first-order valence-electron chi connectivity index (χ1n) is 7.77. The van der Waals surface area contributed by atoms with E-state index in [0.717, 1.165) is 4.57 Å². The first-order valence-corrected chi connectivity index (χ1v) is 9.30. The van der Waals surface area contributed by atoms with Crippen molar-refractivity contribution in [3.8, 4) is 0 Å². The van der Waals surface area contributed by atoms with Gasteiger partial charge in [-0.15, -0.1) is 0 Å². The molecule has 4 rings (SSSR count). The van der Waals surface area contributed by atoms with E-state index in [1.165, 1.54) is 6.33 Å². The van der Waals surface area contributed by atoms with E-state index in [1.54, 1.807) is 4.90 Å². The Bertz CT molecular complexity index is 934. The van der Waals surface area contributed by atoms with E-state index in [0.29, 0.717) is 13.1 Å². The van der Waals surface area contributed by atoms with Crippen LogP contribution in [-0.4, -0.2) is 82.0 Å². The fraction of sp³-hybridized carbons (Fsp3) is 0.583. The molecule has 148 valence electrons. The quantitative estimate of drug-likeness (QED) is 0.207. The van der Waals surface area contributed by atoms with Gasteiger partial charge in [0, 0.05) is 13.1 Å². The van der Waals surface area contributed by atoms with Crippen molar-refractivity contribution in [2.75, 3.05) is 25.4 Å². The van der Waals surface area contributed by atoms with Crippen molar-refractivity contribution in [1.29, 1.82) is 0 Å². The lowest BCUT2D eigenvalue weighted by molar-refractivity contribution is -0.178. The van der Waals surface area contributed by atoms with Crippen molar-refractivity contribution in [2.45, 2.75) is 24.2 Å². The molecule has 2 fully saturated rings. The van der Waals surface area contributed by atoms with Gasteiger partial charge in [0.2, 0.25) is 0 Å². The molecule has 0 aromatic carbocycles. The topological polar surface area (TPSA) is 189 Å². The monoisotopic (exact) mass is 406 g/mol. The maximum atomic E-state index is 13.5. The minimum absolute atomic E-state index is 0.0670. The number of ether oxygens (including phenoxy) is 1. The zero-order chi connectivity index (χ0) is 19.6. The summed E-state index contributed by atoms with van der Waals surface area (Å²) < 4.78 is 36.1. The Morgan fingerprint density at radius 3 is 2.74 bits per heavy atom. The van der Waals surface area contributed by atoms with Gasteiger partial charge in [0.05, 0.1) is 6.33 Å². The molecule has 13 nitrogen and oxygen atoms in total. The third kappa shape index (κ3) is 3.09. The molecule has 4 atom stereocenters. The van der Waals surface area contributed by atoms with Gasteiger partial charge in [-0.05, 0) is 0 Å². The number of nitrogens with two attached hydrogens (primary N) is 1. The first-order chi connectivity index (χ1) is 12.6. The van der Waals surface area contributed by atoms with Crippen LogP contribution in [0.15, 0.2) is 6.33 Å². The molecule has 2 saturated heterocycles. The average molecular weight is 406 g/mol. The summed E-state index contributed by atoms with van der Waals surface area (Å²) in [6, 6.07) is 0. The summed E-state index contributed by atoms with van der Waals surface area (Å²) in [7, 11) is -4.86. The Morgan fingerprint density at radius 1 is 1.41 bits per heavy atom. The molecule has 2 aromatic rings. The number of imidazole rings is 1. The number of fused-ring (bicyclic) bond motifs is 1. The SMILES string of the molecule is Nc1nc(F)nc2c1ncn2C1OC(COP(=O)(O)O)(N2CC2)C(O)C1O. The molecule has 0 amide bonds. The van der Waals surface area contributed by atoms with Crippen LogP contribution in [0, 0.1) is 6.08 Å². The fourth-order valence-corrected chi connectivity index (χ4v) is 3.52. The van der Waals surface area contributed by atoms with Gasteiger partial charge < -0.3 is 30.5 Å². The van der Waals surface area contributed by atoms with Crippen molar-refractivity contribution in [3.05, 3.63) is 12.4 Å². The molecule has 0 saturated carbocycles. The highest BCUT2D eigenvalue weighted by molar-refractivity contribution is 7.46. The number of anilines is 1. The second-order valence-electron chi connectivity index (χ2n) is 6.24. The van der Waals surface area contributed by atoms with Gasteiger partial charge in [-0.3, -0.25) is 14.0 Å². The molecule has 4 heterocycles. The van der Waals surface area contributed by atoms with E-state index in [1.807, 2.05) is 0 Å². The predicted octanol–water partition coefficient (Wildman–Crippen LogP) is -2.08. The summed E-state index contributed by atoms with van der Waals surface area (Å²) >= 11 is 0. The molecule has 6 N–H and O–H groups in total. The molecule has 15 heteroatoms. The molecule has 0 radical (unpaired) electrons. The summed E-state index contributed by atoms with van der Waals surface area (Å²) in [4.78, 5) is 30.4. The van der Waals surface area contributed by atoms with Crippen LogP contribution in [0.1, 0.15) is 6.23 Å². The van der Waals surface area contributed by atoms with Crippen LogP contribution in [0.3, 0.4) is 0 Å². The number of hydrogen-bond donors (Lipinski definition) is 5. The van der Waals surface area contributed by atoms with E-state index in [-0.39, 0.29) is 17.0 Å².